The third kappa shape index (κ3) is 2.79. The lowest BCUT2D eigenvalue weighted by atomic mass is 9.84. The van der Waals surface area contributed by atoms with E-state index in [-0.39, 0.29) is 11.8 Å². The van der Waals surface area contributed by atoms with Crippen LogP contribution in [0.1, 0.15) is 47.0 Å². The van der Waals surface area contributed by atoms with Crippen LogP contribution in [0.5, 0.6) is 0 Å². The maximum absolute atomic E-state index is 12.4. The number of nitrogens with zero attached hydrogens (tertiary/aromatic N) is 1. The van der Waals surface area contributed by atoms with Crippen molar-refractivity contribution in [3.05, 3.63) is 0 Å². The summed E-state index contributed by atoms with van der Waals surface area (Å²) in [4.78, 5) is 25.2. The van der Waals surface area contributed by atoms with Gasteiger partial charge in [-0.25, -0.2) is 4.79 Å². The molecule has 2 atom stereocenters. The number of carboxylic acids is 1. The van der Waals surface area contributed by atoms with Gasteiger partial charge in [-0.1, -0.05) is 27.7 Å². The lowest BCUT2D eigenvalue weighted by Gasteiger charge is -2.41. The van der Waals surface area contributed by atoms with E-state index < -0.39 is 17.4 Å². The summed E-state index contributed by atoms with van der Waals surface area (Å²) in [6.45, 7) is 8.21. The molecule has 0 bridgehead atoms. The van der Waals surface area contributed by atoms with Crippen molar-refractivity contribution in [2.75, 3.05) is 6.54 Å². The Morgan fingerprint density at radius 3 is 2.47 bits per heavy atom. The van der Waals surface area contributed by atoms with E-state index >= 15 is 0 Å². The zero-order valence-corrected chi connectivity index (χ0v) is 11.2. The Labute approximate surface area is 103 Å². The predicted octanol–water partition coefficient (Wildman–Crippen LogP) is 2.13. The number of carbonyl (C=O) groups is 2. The van der Waals surface area contributed by atoms with Gasteiger partial charge in [0.2, 0.25) is 5.91 Å². The maximum Gasteiger partial charge on any atom is 0.326 e. The lowest BCUT2D eigenvalue weighted by molar-refractivity contribution is -0.159. The second-order valence-corrected chi connectivity index (χ2v) is 5.64. The van der Waals surface area contributed by atoms with E-state index in [1.165, 1.54) is 0 Å². The summed E-state index contributed by atoms with van der Waals surface area (Å²) in [7, 11) is 0. The molecular weight excluding hydrogens is 218 g/mol. The average molecular weight is 241 g/mol. The number of hydrogen-bond donors (Lipinski definition) is 1. The highest BCUT2D eigenvalue weighted by atomic mass is 16.4. The van der Waals surface area contributed by atoms with Gasteiger partial charge < -0.3 is 10.0 Å². The Balaban J connectivity index is 2.94. The van der Waals surface area contributed by atoms with E-state index in [1.807, 2.05) is 27.7 Å². The van der Waals surface area contributed by atoms with Gasteiger partial charge in [0.05, 0.1) is 0 Å². The Kier molecular flexibility index (Phi) is 4.17. The van der Waals surface area contributed by atoms with Crippen molar-refractivity contribution >= 4 is 11.9 Å². The van der Waals surface area contributed by atoms with Gasteiger partial charge in [-0.2, -0.15) is 0 Å². The number of rotatable bonds is 3. The standard InChI is InChI=1S/C13H23NO3/c1-5-13(3,4)12(17)14-8-6-7-9(2)10(14)11(15)16/h9-10H,5-8H2,1-4H3,(H,15,16). The second kappa shape index (κ2) is 5.07. The van der Waals surface area contributed by atoms with E-state index in [1.54, 1.807) is 4.90 Å². The Hall–Kier alpha value is -1.06. The number of amides is 1. The van der Waals surface area contributed by atoms with Crippen LogP contribution in [0.3, 0.4) is 0 Å². The van der Waals surface area contributed by atoms with Crippen LogP contribution in [0.25, 0.3) is 0 Å². The minimum absolute atomic E-state index is 0.0287. The van der Waals surface area contributed by atoms with E-state index in [4.69, 9.17) is 0 Å². The Morgan fingerprint density at radius 2 is 2.00 bits per heavy atom. The molecule has 98 valence electrons. The number of carbonyl (C=O) groups excluding carboxylic acids is 1. The SMILES string of the molecule is CCC(C)(C)C(=O)N1CCCC(C)C1C(=O)O. The molecule has 17 heavy (non-hydrogen) atoms. The van der Waals surface area contributed by atoms with Gasteiger partial charge in [0, 0.05) is 12.0 Å². The van der Waals surface area contributed by atoms with Crippen LogP contribution in [0, 0.1) is 11.3 Å². The number of likely N-dealkylation sites (tertiary alicyclic amines) is 1. The predicted molar refractivity (Wildman–Crippen MR) is 65.6 cm³/mol. The first kappa shape index (κ1) is 14.0. The molecule has 2 unspecified atom stereocenters. The smallest absolute Gasteiger partial charge is 0.326 e. The van der Waals surface area contributed by atoms with Crippen LogP contribution >= 0.6 is 0 Å². The van der Waals surface area contributed by atoms with Crippen LogP contribution in [0.2, 0.25) is 0 Å². The van der Waals surface area contributed by atoms with Crippen molar-refractivity contribution in [3.8, 4) is 0 Å². The molecule has 4 nitrogen and oxygen atoms in total. The number of aliphatic carboxylic acids is 1. The van der Waals surface area contributed by atoms with E-state index in [0.717, 1.165) is 19.3 Å². The molecule has 1 saturated heterocycles. The number of hydrogen-bond acceptors (Lipinski definition) is 2. The quantitative estimate of drug-likeness (QED) is 0.823. The molecule has 0 aliphatic carbocycles. The van der Waals surface area contributed by atoms with Crippen molar-refractivity contribution in [2.24, 2.45) is 11.3 Å². The molecule has 1 aliphatic heterocycles. The van der Waals surface area contributed by atoms with Crippen LogP contribution in [-0.2, 0) is 9.59 Å². The van der Waals surface area contributed by atoms with Crippen LogP contribution in [-0.4, -0.2) is 34.5 Å². The van der Waals surface area contributed by atoms with Gasteiger partial charge in [-0.05, 0) is 25.2 Å². The number of carboxylic acid groups (broad SMARTS) is 1. The first-order chi connectivity index (χ1) is 7.81. The molecule has 1 heterocycles. The van der Waals surface area contributed by atoms with Crippen LogP contribution in [0.15, 0.2) is 0 Å². The van der Waals surface area contributed by atoms with Crippen LogP contribution in [0.4, 0.5) is 0 Å². The highest BCUT2D eigenvalue weighted by molar-refractivity contribution is 5.87. The average Bonchev–Trinajstić information content (AvgIpc) is 2.27. The minimum atomic E-state index is -0.877. The first-order valence-electron chi connectivity index (χ1n) is 6.35. The Bertz CT molecular complexity index is 312. The highest BCUT2D eigenvalue weighted by Crippen LogP contribution is 2.30. The molecule has 1 N–H and O–H groups in total. The third-order valence-corrected chi connectivity index (χ3v) is 3.91. The summed E-state index contributed by atoms with van der Waals surface area (Å²) >= 11 is 0. The zero-order valence-electron chi connectivity index (χ0n) is 11.2. The van der Waals surface area contributed by atoms with E-state index in [2.05, 4.69) is 0 Å². The summed E-state index contributed by atoms with van der Waals surface area (Å²) < 4.78 is 0. The fourth-order valence-corrected chi connectivity index (χ4v) is 2.33. The summed E-state index contributed by atoms with van der Waals surface area (Å²) in [5, 5.41) is 9.27. The van der Waals surface area contributed by atoms with Crippen molar-refractivity contribution in [3.63, 3.8) is 0 Å². The second-order valence-electron chi connectivity index (χ2n) is 5.64. The fraction of sp³-hybridized carbons (Fsp3) is 0.846. The molecule has 1 amide bonds. The summed E-state index contributed by atoms with van der Waals surface area (Å²) in [5.41, 5.74) is -0.467. The molecule has 1 rings (SSSR count). The molecular formula is C13H23NO3. The maximum atomic E-state index is 12.4. The molecule has 0 aromatic carbocycles. The fourth-order valence-electron chi connectivity index (χ4n) is 2.33. The van der Waals surface area contributed by atoms with Gasteiger partial charge in [-0.15, -0.1) is 0 Å². The van der Waals surface area contributed by atoms with Gasteiger partial charge in [0.1, 0.15) is 6.04 Å². The van der Waals surface area contributed by atoms with Crippen molar-refractivity contribution in [2.45, 2.75) is 53.0 Å². The molecule has 0 radical (unpaired) electrons. The van der Waals surface area contributed by atoms with Gasteiger partial charge >= 0.3 is 5.97 Å². The molecule has 0 spiro atoms. The van der Waals surface area contributed by atoms with Crippen LogP contribution < -0.4 is 0 Å². The molecule has 0 aromatic rings. The van der Waals surface area contributed by atoms with Crippen molar-refractivity contribution in [1.29, 1.82) is 0 Å². The summed E-state index contributed by atoms with van der Waals surface area (Å²) in [6, 6.07) is -0.651. The van der Waals surface area contributed by atoms with Gasteiger partial charge in [0.15, 0.2) is 0 Å². The highest BCUT2D eigenvalue weighted by Gasteiger charge is 2.41. The van der Waals surface area contributed by atoms with Gasteiger partial charge in [-0.3, -0.25) is 4.79 Å². The van der Waals surface area contributed by atoms with E-state index in [9.17, 15) is 14.7 Å². The summed E-state index contributed by atoms with van der Waals surface area (Å²) in [5.74, 6) is -0.866. The molecule has 1 aliphatic rings. The zero-order chi connectivity index (χ0) is 13.2. The van der Waals surface area contributed by atoms with Crippen molar-refractivity contribution < 1.29 is 14.7 Å². The molecule has 1 fully saturated rings. The molecule has 4 heteroatoms. The monoisotopic (exact) mass is 241 g/mol. The number of piperidine rings is 1. The minimum Gasteiger partial charge on any atom is -0.480 e. The topological polar surface area (TPSA) is 57.6 Å². The normalized spacial score (nSPS) is 25.8. The van der Waals surface area contributed by atoms with Crippen molar-refractivity contribution in [1.82, 2.24) is 4.90 Å². The van der Waals surface area contributed by atoms with Gasteiger partial charge in [0.25, 0.3) is 0 Å². The third-order valence-electron chi connectivity index (χ3n) is 3.91. The molecule has 0 aromatic heterocycles. The van der Waals surface area contributed by atoms with E-state index in [0.29, 0.717) is 6.54 Å². The molecule has 0 saturated carbocycles. The first-order valence-corrected chi connectivity index (χ1v) is 6.35. The largest absolute Gasteiger partial charge is 0.480 e. The summed E-state index contributed by atoms with van der Waals surface area (Å²) in [6.07, 6.45) is 2.51. The Morgan fingerprint density at radius 1 is 1.41 bits per heavy atom. The lowest BCUT2D eigenvalue weighted by Crippen LogP contribution is -2.55.